The summed E-state index contributed by atoms with van der Waals surface area (Å²) in [6.45, 7) is 0. The van der Waals surface area contributed by atoms with Gasteiger partial charge in [-0.15, -0.1) is 0 Å². The van der Waals surface area contributed by atoms with Gasteiger partial charge in [-0.25, -0.2) is 18.0 Å². The average Bonchev–Trinajstić information content (AvgIpc) is 3.18. The minimum atomic E-state index is -4.71. The average molecular weight is 514 g/mol. The van der Waals surface area contributed by atoms with E-state index >= 15 is 4.39 Å². The number of nitrogens with zero attached hydrogens (tertiary/aromatic N) is 1. The molecule has 5 nitrogen and oxygen atoms in total. The number of nitrogens with one attached hydrogen (secondary N) is 2. The van der Waals surface area contributed by atoms with E-state index in [9.17, 15) is 26.6 Å². The Labute approximate surface area is 194 Å². The molecule has 2 aromatic heterocycles. The summed E-state index contributed by atoms with van der Waals surface area (Å²) >= 11 is 5.90. The first-order valence-corrected chi connectivity index (χ1v) is 11.5. The molecule has 0 spiro atoms. The Balaban J connectivity index is 1.75. The number of halogens is 6. The largest absolute Gasteiger partial charge is 0.416 e. The summed E-state index contributed by atoms with van der Waals surface area (Å²) in [5.74, 6) is -0.272. The molecule has 176 valence electrons. The Morgan fingerprint density at radius 3 is 2.59 bits per heavy atom. The highest BCUT2D eigenvalue weighted by molar-refractivity contribution is 8.01. The maximum atomic E-state index is 15.3. The number of aromatic amines is 1. The van der Waals surface area contributed by atoms with Crippen molar-refractivity contribution in [3.8, 4) is 0 Å². The summed E-state index contributed by atoms with van der Waals surface area (Å²) < 4.78 is 84.1. The summed E-state index contributed by atoms with van der Waals surface area (Å²) in [7, 11) is -3.73. The van der Waals surface area contributed by atoms with Crippen LogP contribution in [-0.4, -0.2) is 25.8 Å². The lowest BCUT2D eigenvalue weighted by molar-refractivity contribution is -0.137. The Hall–Kier alpha value is -3.44. The predicted molar refractivity (Wildman–Crippen MR) is 119 cm³/mol. The molecule has 2 heterocycles. The van der Waals surface area contributed by atoms with E-state index in [0.29, 0.717) is 6.07 Å². The van der Waals surface area contributed by atoms with Crippen molar-refractivity contribution in [2.24, 2.45) is 0 Å². The third-order valence-electron chi connectivity index (χ3n) is 4.88. The molecule has 1 atom stereocenters. The van der Waals surface area contributed by atoms with Crippen LogP contribution in [-0.2, 0) is 15.9 Å². The van der Waals surface area contributed by atoms with Crippen LogP contribution >= 0.6 is 11.6 Å². The Morgan fingerprint density at radius 1 is 1.15 bits per heavy atom. The van der Waals surface area contributed by atoms with Crippen molar-refractivity contribution in [2.75, 3.05) is 4.72 Å². The van der Waals surface area contributed by atoms with E-state index in [2.05, 4.69) is 20.6 Å². The lowest BCUT2D eigenvalue weighted by Crippen LogP contribution is -2.17. The molecule has 0 fully saturated rings. The van der Waals surface area contributed by atoms with Crippen molar-refractivity contribution < 1.29 is 31.0 Å². The van der Waals surface area contributed by atoms with Crippen LogP contribution in [0.3, 0.4) is 0 Å². The van der Waals surface area contributed by atoms with E-state index in [1.807, 2.05) is 0 Å². The van der Waals surface area contributed by atoms with Crippen LogP contribution in [0.5, 0.6) is 0 Å². The molecule has 4 aromatic rings. The molecule has 0 bridgehead atoms. The Kier molecular flexibility index (Phi) is 5.86. The van der Waals surface area contributed by atoms with Crippen LogP contribution in [0.25, 0.3) is 11.0 Å². The first-order valence-electron chi connectivity index (χ1n) is 9.36. The summed E-state index contributed by atoms with van der Waals surface area (Å²) in [5.41, 5.74) is -2.49. The van der Waals surface area contributed by atoms with Crippen LogP contribution in [0.1, 0.15) is 21.5 Å². The number of carbonyl (C=O) groups is 1. The molecule has 0 aliphatic heterocycles. The Morgan fingerprint density at radius 2 is 1.88 bits per heavy atom. The van der Waals surface area contributed by atoms with Gasteiger partial charge in [0.25, 0.3) is 0 Å². The van der Waals surface area contributed by atoms with Crippen molar-refractivity contribution in [1.29, 1.82) is 0 Å². The number of pyridine rings is 1. The maximum Gasteiger partial charge on any atom is 0.416 e. The van der Waals surface area contributed by atoms with Gasteiger partial charge in [0.15, 0.2) is 5.82 Å². The van der Waals surface area contributed by atoms with Crippen molar-refractivity contribution in [3.05, 3.63) is 88.2 Å². The normalized spacial score (nSPS) is 13.6. The summed E-state index contributed by atoms with van der Waals surface area (Å²) in [5, 5.41) is 0.412. The van der Waals surface area contributed by atoms with Gasteiger partial charge >= 0.3 is 6.18 Å². The molecule has 1 unspecified atom stereocenters. The second kappa shape index (κ2) is 8.41. The highest BCUT2D eigenvalue weighted by Crippen LogP contribution is 2.32. The van der Waals surface area contributed by atoms with Gasteiger partial charge in [-0.1, -0.05) is 17.7 Å². The topological polar surface area (TPSA) is 74.8 Å². The molecule has 0 saturated heterocycles. The van der Waals surface area contributed by atoms with Gasteiger partial charge in [0.1, 0.15) is 11.5 Å². The van der Waals surface area contributed by atoms with E-state index < -0.39 is 50.1 Å². The molecule has 34 heavy (non-hydrogen) atoms. The number of anilines is 1. The molecule has 0 saturated carbocycles. The van der Waals surface area contributed by atoms with Crippen molar-refractivity contribution in [3.63, 3.8) is 0 Å². The van der Waals surface area contributed by atoms with Crippen molar-refractivity contribution >= 4 is 49.7 Å². The number of hydrogen-bond acceptors (Lipinski definition) is 3. The molecular formula is C22H13ClF5N3O2S. The number of benzene rings is 2. The molecule has 12 heteroatoms. The standard InChI is InChI=1S/C22H13ClF5N3O2S/c1-34(33,13-4-2-3-11(7-13)22(26,27)28)31-17-6-5-16(24)18(19(17)25)20(32)15-10-30-21-14(15)8-12(23)9-29-21/h2-10H,1H2,(H,29,30)(H,31,33). The van der Waals surface area contributed by atoms with Crippen molar-refractivity contribution in [2.45, 2.75) is 11.1 Å². The van der Waals surface area contributed by atoms with Gasteiger partial charge in [-0.2, -0.15) is 13.2 Å². The fourth-order valence-corrected chi connectivity index (χ4v) is 4.66. The van der Waals surface area contributed by atoms with Crippen molar-refractivity contribution in [1.82, 2.24) is 9.97 Å². The van der Waals surface area contributed by atoms with E-state index in [0.717, 1.165) is 30.3 Å². The highest BCUT2D eigenvalue weighted by atomic mass is 35.5. The van der Waals surface area contributed by atoms with Crippen LogP contribution in [0.2, 0.25) is 5.02 Å². The molecule has 2 aromatic carbocycles. The second-order valence-electron chi connectivity index (χ2n) is 7.17. The lowest BCUT2D eigenvalue weighted by Gasteiger charge is -2.16. The molecular weight excluding hydrogens is 501 g/mol. The summed E-state index contributed by atoms with van der Waals surface area (Å²) in [6, 6.07) is 6.55. The van der Waals surface area contributed by atoms with Gasteiger partial charge in [0, 0.05) is 23.3 Å². The zero-order valence-corrected chi connectivity index (χ0v) is 18.4. The van der Waals surface area contributed by atoms with Crippen LogP contribution in [0, 0.1) is 11.6 Å². The van der Waals surface area contributed by atoms with Gasteiger partial charge in [-0.3, -0.25) is 4.79 Å². The maximum absolute atomic E-state index is 15.3. The van der Waals surface area contributed by atoms with E-state index in [1.165, 1.54) is 18.5 Å². The fraction of sp³-hybridized carbons (Fsp3) is 0.0455. The number of fused-ring (bicyclic) bond motifs is 1. The highest BCUT2D eigenvalue weighted by Gasteiger charge is 2.31. The predicted octanol–water partition coefficient (Wildman–Crippen LogP) is 5.85. The number of aromatic nitrogens is 2. The van der Waals surface area contributed by atoms with Gasteiger partial charge in [-0.05, 0) is 42.3 Å². The van der Waals surface area contributed by atoms with E-state index in [-0.39, 0.29) is 26.5 Å². The number of H-pyrrole nitrogens is 1. The van der Waals surface area contributed by atoms with Crippen LogP contribution < -0.4 is 4.72 Å². The zero-order valence-electron chi connectivity index (χ0n) is 16.8. The SMILES string of the molecule is C=S(=O)(Nc1ccc(F)c(C(=O)c2c[nH]c3ncc(Cl)cc23)c1F)c1cccc(C(F)(F)F)c1. The monoisotopic (exact) mass is 513 g/mol. The van der Waals surface area contributed by atoms with Crippen LogP contribution in [0.4, 0.5) is 27.6 Å². The van der Waals surface area contributed by atoms with Gasteiger partial charge < -0.3 is 9.71 Å². The first-order chi connectivity index (χ1) is 15.9. The minimum Gasteiger partial charge on any atom is -0.345 e. The molecule has 0 aliphatic carbocycles. The molecule has 0 radical (unpaired) electrons. The number of ketones is 1. The number of alkyl halides is 3. The third-order valence-corrected chi connectivity index (χ3v) is 6.65. The molecule has 0 amide bonds. The van der Waals surface area contributed by atoms with Gasteiger partial charge in [0.05, 0.1) is 36.4 Å². The lowest BCUT2D eigenvalue weighted by atomic mass is 10.0. The van der Waals surface area contributed by atoms with E-state index in [1.54, 1.807) is 0 Å². The third kappa shape index (κ3) is 4.36. The van der Waals surface area contributed by atoms with E-state index in [4.69, 9.17) is 11.6 Å². The van der Waals surface area contributed by atoms with Crippen LogP contribution in [0.15, 0.2) is 59.8 Å². The molecule has 2 N–H and O–H groups in total. The summed E-state index contributed by atoms with van der Waals surface area (Å²) in [6.07, 6.45) is -2.18. The molecule has 0 aliphatic rings. The fourth-order valence-electron chi connectivity index (χ4n) is 3.25. The second-order valence-corrected chi connectivity index (χ2v) is 9.63. The smallest absolute Gasteiger partial charge is 0.345 e. The minimum absolute atomic E-state index is 0.117. The number of hydrogen-bond donors (Lipinski definition) is 2. The Bertz CT molecular complexity index is 1550. The summed E-state index contributed by atoms with van der Waals surface area (Å²) in [4.78, 5) is 19.3. The first kappa shape index (κ1) is 23.7. The molecule has 4 rings (SSSR count). The number of carbonyl (C=O) groups excluding carboxylic acids is 1. The zero-order chi connectivity index (χ0) is 24.8. The van der Waals surface area contributed by atoms with Gasteiger partial charge in [0.2, 0.25) is 5.78 Å². The quantitative estimate of drug-likeness (QED) is 0.200. The number of rotatable bonds is 5.